The molecule has 0 bridgehead atoms. The molecule has 1 amide bonds. The average molecular weight is 668 g/mol. The SMILES string of the molecule is [N-]=[N+]=NCc1ccccc1[C@@H]1OC(c2ccc(OCCCO)cc2)=N[C@]1(Cc1ccccc1N=[N+]=[N-])C(=O)NNCc1cc(F)cc(F)c1. The zero-order valence-electron chi connectivity index (χ0n) is 26.0. The molecule has 0 unspecified atom stereocenters. The minimum atomic E-state index is -1.76. The van der Waals surface area contributed by atoms with E-state index in [-0.39, 0.29) is 43.3 Å². The standard InChI is InChI=1S/C34H31F2N9O4/c35-26-16-22(17-27(36)18-26)20-39-43-33(47)34(19-24-6-2-4-9-30(24)42-45-38)31(29-8-3-1-7-25(29)21-40-44-37)49-32(41-34)23-10-12-28(13-11-23)48-15-5-14-46/h1-4,6-13,16-18,31,39,46H,5,14-15,19-21H2,(H,43,47)/t31-,34-/m0/s1. The van der Waals surface area contributed by atoms with Gasteiger partial charge in [0.15, 0.2) is 11.6 Å². The van der Waals surface area contributed by atoms with Crippen molar-refractivity contribution < 1.29 is 28.2 Å². The van der Waals surface area contributed by atoms with Gasteiger partial charge in [-0.05, 0) is 69.7 Å². The van der Waals surface area contributed by atoms with Crippen LogP contribution in [-0.4, -0.2) is 35.7 Å². The Bertz CT molecular complexity index is 1910. The van der Waals surface area contributed by atoms with Gasteiger partial charge in [0.2, 0.25) is 5.90 Å². The van der Waals surface area contributed by atoms with E-state index in [1.165, 1.54) is 0 Å². The number of carbonyl (C=O) groups is 1. The molecule has 49 heavy (non-hydrogen) atoms. The lowest BCUT2D eigenvalue weighted by atomic mass is 9.80. The summed E-state index contributed by atoms with van der Waals surface area (Å²) in [7, 11) is 0. The number of ether oxygens (including phenoxy) is 2. The van der Waals surface area contributed by atoms with E-state index in [2.05, 4.69) is 30.9 Å². The van der Waals surface area contributed by atoms with Gasteiger partial charge in [0, 0.05) is 53.1 Å². The van der Waals surface area contributed by atoms with E-state index in [0.717, 1.165) is 18.2 Å². The third-order valence-electron chi connectivity index (χ3n) is 7.69. The summed E-state index contributed by atoms with van der Waals surface area (Å²) in [6.07, 6.45) is -0.747. The summed E-state index contributed by atoms with van der Waals surface area (Å²) in [5.74, 6) is -1.53. The van der Waals surface area contributed by atoms with Crippen LogP contribution in [0.4, 0.5) is 14.5 Å². The highest BCUT2D eigenvalue weighted by atomic mass is 19.1. The lowest BCUT2D eigenvalue weighted by Crippen LogP contribution is -2.53. The van der Waals surface area contributed by atoms with Gasteiger partial charge < -0.3 is 14.6 Å². The summed E-state index contributed by atoms with van der Waals surface area (Å²) < 4.78 is 39.9. The molecule has 0 saturated carbocycles. The molecule has 2 atom stereocenters. The first-order chi connectivity index (χ1) is 23.9. The molecule has 4 aromatic carbocycles. The maximum atomic E-state index is 14.5. The number of hydrogen-bond acceptors (Lipinski definition) is 8. The summed E-state index contributed by atoms with van der Waals surface area (Å²) in [5, 5.41) is 16.6. The van der Waals surface area contributed by atoms with Gasteiger partial charge in [-0.3, -0.25) is 10.2 Å². The van der Waals surface area contributed by atoms with Crippen LogP contribution in [-0.2, 0) is 29.0 Å². The molecule has 250 valence electrons. The predicted octanol–water partition coefficient (Wildman–Crippen LogP) is 6.80. The number of amides is 1. The van der Waals surface area contributed by atoms with E-state index in [4.69, 9.17) is 25.1 Å². The Morgan fingerprint density at radius 3 is 2.41 bits per heavy atom. The number of aliphatic hydroxyl groups is 1. The number of benzene rings is 4. The zero-order chi connectivity index (χ0) is 34.6. The average Bonchev–Trinajstić information content (AvgIpc) is 3.48. The van der Waals surface area contributed by atoms with Crippen LogP contribution in [0.5, 0.6) is 5.75 Å². The number of halogens is 2. The molecular weight excluding hydrogens is 636 g/mol. The van der Waals surface area contributed by atoms with Gasteiger partial charge in [0.1, 0.15) is 17.4 Å². The van der Waals surface area contributed by atoms with Gasteiger partial charge in [0.05, 0.1) is 13.2 Å². The molecular formula is C34H31F2N9O4. The third kappa shape index (κ3) is 8.30. The van der Waals surface area contributed by atoms with E-state index >= 15 is 0 Å². The highest BCUT2D eigenvalue weighted by molar-refractivity contribution is 6.01. The molecule has 15 heteroatoms. The highest BCUT2D eigenvalue weighted by Crippen LogP contribution is 2.44. The zero-order valence-corrected chi connectivity index (χ0v) is 26.0. The number of nitrogens with one attached hydrogen (secondary N) is 2. The van der Waals surface area contributed by atoms with Crippen molar-refractivity contribution in [3.8, 4) is 5.75 Å². The van der Waals surface area contributed by atoms with E-state index in [1.54, 1.807) is 72.8 Å². The summed E-state index contributed by atoms with van der Waals surface area (Å²) in [5.41, 5.74) is 24.6. The van der Waals surface area contributed by atoms with E-state index in [1.807, 2.05) is 0 Å². The molecule has 5 rings (SSSR count). The van der Waals surface area contributed by atoms with Gasteiger partial charge >= 0.3 is 0 Å². The number of hydrazine groups is 1. The minimum Gasteiger partial charge on any atom is -0.494 e. The Kier molecular flexibility index (Phi) is 11.4. The Balaban J connectivity index is 1.61. The number of azide groups is 2. The molecule has 0 spiro atoms. The van der Waals surface area contributed by atoms with Gasteiger partial charge in [-0.2, -0.15) is 0 Å². The Hall–Kier alpha value is -5.98. The largest absolute Gasteiger partial charge is 0.494 e. The van der Waals surface area contributed by atoms with Crippen LogP contribution in [0, 0.1) is 11.6 Å². The maximum Gasteiger partial charge on any atom is 0.266 e. The van der Waals surface area contributed by atoms with Crippen LogP contribution in [0.15, 0.2) is 106 Å². The fraction of sp³-hybridized carbons (Fsp3) is 0.235. The number of aliphatic hydroxyl groups excluding tert-OH is 1. The van der Waals surface area contributed by atoms with Crippen molar-refractivity contribution in [2.75, 3.05) is 13.2 Å². The van der Waals surface area contributed by atoms with Gasteiger partial charge in [-0.15, -0.1) is 0 Å². The first-order valence-electron chi connectivity index (χ1n) is 15.2. The molecule has 0 aliphatic carbocycles. The van der Waals surface area contributed by atoms with Crippen molar-refractivity contribution in [3.63, 3.8) is 0 Å². The van der Waals surface area contributed by atoms with Crippen LogP contribution in [0.25, 0.3) is 20.9 Å². The first kappa shape index (κ1) is 34.4. The Morgan fingerprint density at radius 2 is 1.69 bits per heavy atom. The fourth-order valence-corrected chi connectivity index (χ4v) is 5.45. The normalized spacial score (nSPS) is 16.5. The summed E-state index contributed by atoms with van der Waals surface area (Å²) in [6, 6.07) is 23.6. The summed E-state index contributed by atoms with van der Waals surface area (Å²) >= 11 is 0. The number of rotatable bonds is 15. The topological polar surface area (TPSA) is 190 Å². The lowest BCUT2D eigenvalue weighted by Gasteiger charge is -2.32. The van der Waals surface area contributed by atoms with Crippen molar-refractivity contribution in [1.82, 2.24) is 10.9 Å². The monoisotopic (exact) mass is 667 g/mol. The first-order valence-corrected chi connectivity index (χ1v) is 15.2. The highest BCUT2D eigenvalue weighted by Gasteiger charge is 2.54. The molecule has 1 aliphatic rings. The second kappa shape index (κ2) is 16.2. The molecule has 0 radical (unpaired) electrons. The molecule has 1 aliphatic heterocycles. The smallest absolute Gasteiger partial charge is 0.266 e. The number of hydrogen-bond donors (Lipinski definition) is 3. The maximum absolute atomic E-state index is 14.5. The molecule has 0 aromatic heterocycles. The number of aliphatic imine (C=N–C) groups is 1. The second-order valence-electron chi connectivity index (χ2n) is 11.0. The quantitative estimate of drug-likeness (QED) is 0.0412. The lowest BCUT2D eigenvalue weighted by molar-refractivity contribution is -0.130. The van der Waals surface area contributed by atoms with Crippen molar-refractivity contribution in [2.45, 2.75) is 37.6 Å². The van der Waals surface area contributed by atoms with Crippen molar-refractivity contribution >= 4 is 17.5 Å². The molecule has 4 aromatic rings. The molecule has 13 nitrogen and oxygen atoms in total. The van der Waals surface area contributed by atoms with Gasteiger partial charge in [0.25, 0.3) is 5.91 Å². The van der Waals surface area contributed by atoms with Gasteiger partial charge in [-0.25, -0.2) is 19.2 Å². The van der Waals surface area contributed by atoms with Crippen molar-refractivity contribution in [3.05, 3.63) is 151 Å². The van der Waals surface area contributed by atoms with E-state index in [0.29, 0.717) is 41.0 Å². The van der Waals surface area contributed by atoms with E-state index in [9.17, 15) is 19.1 Å². The van der Waals surface area contributed by atoms with Crippen molar-refractivity contribution in [2.24, 2.45) is 15.2 Å². The van der Waals surface area contributed by atoms with Crippen LogP contribution < -0.4 is 15.6 Å². The van der Waals surface area contributed by atoms with Crippen LogP contribution in [0.2, 0.25) is 0 Å². The van der Waals surface area contributed by atoms with Gasteiger partial charge in [-0.1, -0.05) is 58.8 Å². The molecule has 3 N–H and O–H groups in total. The Morgan fingerprint density at radius 1 is 0.980 bits per heavy atom. The van der Waals surface area contributed by atoms with E-state index < -0.39 is 29.2 Å². The minimum absolute atomic E-state index is 0.00773. The fourth-order valence-electron chi connectivity index (χ4n) is 5.45. The summed E-state index contributed by atoms with van der Waals surface area (Å²) in [4.78, 5) is 25.3. The Labute approximate surface area is 279 Å². The third-order valence-corrected chi connectivity index (χ3v) is 7.69. The molecule has 1 heterocycles. The molecule has 0 fully saturated rings. The molecule has 0 saturated heterocycles. The number of carbonyl (C=O) groups excluding carboxylic acids is 1. The van der Waals surface area contributed by atoms with Crippen LogP contribution in [0.3, 0.4) is 0 Å². The van der Waals surface area contributed by atoms with Crippen LogP contribution >= 0.6 is 0 Å². The van der Waals surface area contributed by atoms with Crippen LogP contribution in [0.1, 0.15) is 40.3 Å². The predicted molar refractivity (Wildman–Crippen MR) is 176 cm³/mol. The number of nitrogens with zero attached hydrogens (tertiary/aromatic N) is 7. The van der Waals surface area contributed by atoms with Crippen molar-refractivity contribution in [1.29, 1.82) is 0 Å². The summed E-state index contributed by atoms with van der Waals surface area (Å²) in [6.45, 7) is 0.143. The second-order valence-corrected chi connectivity index (χ2v) is 11.0.